The van der Waals surface area contributed by atoms with Gasteiger partial charge in [0.2, 0.25) is 5.91 Å². The molecule has 7 atom stereocenters. The van der Waals surface area contributed by atoms with Crippen LogP contribution in [0.4, 0.5) is 0 Å². The van der Waals surface area contributed by atoms with Crippen molar-refractivity contribution < 1.29 is 49.3 Å². The highest BCUT2D eigenvalue weighted by molar-refractivity contribution is 5.76. The van der Waals surface area contributed by atoms with Crippen LogP contribution in [0.25, 0.3) is 0 Å². The summed E-state index contributed by atoms with van der Waals surface area (Å²) < 4.78 is 16.7. The Balaban J connectivity index is 1.91. The molecule has 1 amide bonds. The van der Waals surface area contributed by atoms with Crippen LogP contribution in [-0.2, 0) is 23.8 Å². The Labute approximate surface area is 516 Å². The number of carbonyl (C=O) groups is 2. The van der Waals surface area contributed by atoms with Crippen LogP contribution >= 0.6 is 0 Å². The number of rotatable bonds is 63. The zero-order valence-corrected chi connectivity index (χ0v) is 54.6. The average molecular weight is 1190 g/mol. The van der Waals surface area contributed by atoms with E-state index < -0.39 is 49.5 Å². The van der Waals surface area contributed by atoms with Crippen LogP contribution in [0, 0.1) is 0 Å². The van der Waals surface area contributed by atoms with Crippen molar-refractivity contribution in [2.45, 2.75) is 384 Å². The zero-order chi connectivity index (χ0) is 60.9. The number of unbranched alkanes of at least 4 members (excludes halogenated alkanes) is 43. The van der Waals surface area contributed by atoms with E-state index in [0.717, 1.165) is 64.2 Å². The molecule has 7 unspecified atom stereocenters. The van der Waals surface area contributed by atoms with Crippen LogP contribution < -0.4 is 5.32 Å². The van der Waals surface area contributed by atoms with E-state index in [1.165, 1.54) is 250 Å². The topological polar surface area (TPSA) is 175 Å². The normalized spacial score (nSPS) is 18.3. The van der Waals surface area contributed by atoms with Crippen molar-refractivity contribution in [1.82, 2.24) is 5.32 Å². The highest BCUT2D eigenvalue weighted by atomic mass is 16.7. The molecule has 0 aromatic heterocycles. The molecule has 1 saturated heterocycles. The summed E-state index contributed by atoms with van der Waals surface area (Å²) >= 11 is 0. The highest BCUT2D eigenvalue weighted by Crippen LogP contribution is 2.23. The van der Waals surface area contributed by atoms with Crippen LogP contribution in [0.3, 0.4) is 0 Å². The van der Waals surface area contributed by atoms with Crippen molar-refractivity contribution in [2.75, 3.05) is 19.8 Å². The molecule has 0 saturated carbocycles. The van der Waals surface area contributed by atoms with Gasteiger partial charge in [0.1, 0.15) is 24.4 Å². The lowest BCUT2D eigenvalue weighted by atomic mass is 9.99. The summed E-state index contributed by atoms with van der Waals surface area (Å²) in [6.07, 6.45) is 71.3. The molecule has 1 aliphatic heterocycles. The minimum atomic E-state index is -1.57. The van der Waals surface area contributed by atoms with Crippen molar-refractivity contribution in [3.8, 4) is 0 Å². The minimum absolute atomic E-state index is 0.00169. The number of amides is 1. The van der Waals surface area contributed by atoms with Crippen molar-refractivity contribution in [2.24, 2.45) is 0 Å². The molecule has 84 heavy (non-hydrogen) atoms. The van der Waals surface area contributed by atoms with E-state index in [4.69, 9.17) is 14.2 Å². The molecule has 1 aliphatic rings. The molecule has 0 bridgehead atoms. The summed E-state index contributed by atoms with van der Waals surface area (Å²) in [5.74, 6) is -0.183. The van der Waals surface area contributed by atoms with Gasteiger partial charge in [-0.15, -0.1) is 0 Å². The van der Waals surface area contributed by atoms with Gasteiger partial charge in [0.05, 0.1) is 32.0 Å². The Morgan fingerprint density at radius 1 is 0.440 bits per heavy atom. The number of esters is 1. The van der Waals surface area contributed by atoms with E-state index in [1.54, 1.807) is 6.08 Å². The number of aliphatic hydroxyl groups is 5. The van der Waals surface area contributed by atoms with Crippen LogP contribution in [0.2, 0.25) is 0 Å². The summed E-state index contributed by atoms with van der Waals surface area (Å²) in [4.78, 5) is 25.1. The molecule has 11 heteroatoms. The van der Waals surface area contributed by atoms with Crippen molar-refractivity contribution in [3.05, 3.63) is 48.6 Å². The lowest BCUT2D eigenvalue weighted by Gasteiger charge is -2.40. The third kappa shape index (κ3) is 50.6. The molecular formula is C73H135NO10. The Kier molecular flexibility index (Phi) is 59.0. The number of nitrogens with one attached hydrogen (secondary N) is 1. The average Bonchev–Trinajstić information content (AvgIpc) is 3.70. The summed E-state index contributed by atoms with van der Waals surface area (Å²) in [7, 11) is 0. The van der Waals surface area contributed by atoms with Crippen LogP contribution in [-0.4, -0.2) is 100 Å². The number of aliphatic hydroxyl groups excluding tert-OH is 5. The fourth-order valence-electron chi connectivity index (χ4n) is 11.2. The zero-order valence-electron chi connectivity index (χ0n) is 54.6. The van der Waals surface area contributed by atoms with Gasteiger partial charge in [-0.3, -0.25) is 9.59 Å². The number of hydrogen-bond acceptors (Lipinski definition) is 10. The SMILES string of the molecule is CCCCCCC/C=C\CCCCCCCC(=O)OCCCCCCCCCCC/C=C\C/C=C\CCCCCCCCCCCCCCCCCCCC(=O)NC(COC1OC(CO)C(O)C(O)C1O)C(O)/C=C/CCCCCCCCC. The smallest absolute Gasteiger partial charge is 0.305 e. The Morgan fingerprint density at radius 2 is 0.798 bits per heavy atom. The summed E-state index contributed by atoms with van der Waals surface area (Å²) in [5.41, 5.74) is 0. The van der Waals surface area contributed by atoms with Crippen LogP contribution in [0.1, 0.15) is 341 Å². The van der Waals surface area contributed by atoms with E-state index in [1.807, 2.05) is 6.08 Å². The maximum Gasteiger partial charge on any atom is 0.305 e. The second-order valence-corrected chi connectivity index (χ2v) is 24.9. The lowest BCUT2D eigenvalue weighted by molar-refractivity contribution is -0.302. The molecule has 0 radical (unpaired) electrons. The van der Waals surface area contributed by atoms with E-state index in [0.29, 0.717) is 19.4 Å². The van der Waals surface area contributed by atoms with Gasteiger partial charge in [-0.05, 0) is 89.9 Å². The van der Waals surface area contributed by atoms with Gasteiger partial charge in [-0.1, -0.05) is 287 Å². The van der Waals surface area contributed by atoms with Crippen molar-refractivity contribution in [3.63, 3.8) is 0 Å². The van der Waals surface area contributed by atoms with E-state index in [2.05, 4.69) is 55.6 Å². The van der Waals surface area contributed by atoms with Gasteiger partial charge in [-0.2, -0.15) is 0 Å². The molecule has 11 nitrogen and oxygen atoms in total. The Bertz CT molecular complexity index is 1530. The third-order valence-electron chi connectivity index (χ3n) is 16.9. The van der Waals surface area contributed by atoms with E-state index in [9.17, 15) is 35.1 Å². The van der Waals surface area contributed by atoms with Gasteiger partial charge in [0, 0.05) is 12.8 Å². The summed E-state index contributed by atoms with van der Waals surface area (Å²) in [6, 6.07) is -0.807. The van der Waals surface area contributed by atoms with E-state index >= 15 is 0 Å². The second kappa shape index (κ2) is 62.2. The molecule has 6 N–H and O–H groups in total. The first kappa shape index (κ1) is 79.6. The van der Waals surface area contributed by atoms with Crippen LogP contribution in [0.15, 0.2) is 48.6 Å². The van der Waals surface area contributed by atoms with Gasteiger partial charge in [-0.25, -0.2) is 0 Å². The standard InChI is InChI=1S/C73H135NO10/c1-3-5-7-9-11-13-14-15-38-41-45-49-53-57-61-69(78)82-62-58-54-50-46-42-39-36-34-32-30-28-26-24-22-20-18-16-17-19-21-23-25-27-29-31-33-35-37-40-44-48-52-56-60-68(77)74-65(66(76)59-55-51-47-43-12-10-8-6-4-2)64-83-73-72(81)71(80)70(79)67(63-75)84-73/h14-15,20,22,26,28,55,59,65-67,70-73,75-76,79-81H,3-13,16-19,21,23-25,27,29-54,56-58,60-64H2,1-2H3,(H,74,77)/b15-14-,22-20-,28-26-,59-55+. The Hall–Kier alpha value is -2.38. The maximum absolute atomic E-state index is 13.0. The molecular weight excluding hydrogens is 1050 g/mol. The monoisotopic (exact) mass is 1190 g/mol. The fraction of sp³-hybridized carbons (Fsp3) is 0.863. The van der Waals surface area contributed by atoms with Crippen LogP contribution in [0.5, 0.6) is 0 Å². The molecule has 0 aromatic rings. The molecule has 1 fully saturated rings. The lowest BCUT2D eigenvalue weighted by Crippen LogP contribution is -2.60. The van der Waals surface area contributed by atoms with Crippen molar-refractivity contribution in [1.29, 1.82) is 0 Å². The van der Waals surface area contributed by atoms with E-state index in [-0.39, 0.29) is 18.5 Å². The molecule has 0 spiro atoms. The maximum atomic E-state index is 13.0. The summed E-state index contributed by atoms with van der Waals surface area (Å²) in [5, 5.41) is 54.3. The largest absolute Gasteiger partial charge is 0.466 e. The number of allylic oxidation sites excluding steroid dienone is 7. The molecule has 0 aliphatic carbocycles. The van der Waals surface area contributed by atoms with Gasteiger partial charge < -0.3 is 45.1 Å². The first-order valence-corrected chi connectivity index (χ1v) is 35.9. The highest BCUT2D eigenvalue weighted by Gasteiger charge is 2.44. The molecule has 1 heterocycles. The first-order valence-electron chi connectivity index (χ1n) is 35.9. The van der Waals surface area contributed by atoms with Gasteiger partial charge >= 0.3 is 5.97 Å². The molecule has 1 rings (SSSR count). The molecule has 492 valence electrons. The fourth-order valence-corrected chi connectivity index (χ4v) is 11.2. The summed E-state index contributed by atoms with van der Waals surface area (Å²) in [6.45, 7) is 4.32. The van der Waals surface area contributed by atoms with Crippen molar-refractivity contribution >= 4 is 11.9 Å². The molecule has 0 aromatic carbocycles. The predicted octanol–water partition coefficient (Wildman–Crippen LogP) is 18.4. The minimum Gasteiger partial charge on any atom is -0.466 e. The van der Waals surface area contributed by atoms with Gasteiger partial charge in [0.15, 0.2) is 6.29 Å². The number of hydrogen-bond donors (Lipinski definition) is 6. The first-order chi connectivity index (χ1) is 41.2. The number of carbonyl (C=O) groups excluding carboxylic acids is 2. The number of ether oxygens (including phenoxy) is 3. The third-order valence-corrected chi connectivity index (χ3v) is 16.9. The predicted molar refractivity (Wildman–Crippen MR) is 352 cm³/mol. The Morgan fingerprint density at radius 3 is 1.21 bits per heavy atom. The second-order valence-electron chi connectivity index (χ2n) is 24.9. The van der Waals surface area contributed by atoms with Gasteiger partial charge in [0.25, 0.3) is 0 Å². The quantitative estimate of drug-likeness (QED) is 0.0195.